The Morgan fingerprint density at radius 3 is 2.56 bits per heavy atom. The van der Waals surface area contributed by atoms with Gasteiger partial charge in [0.15, 0.2) is 0 Å². The number of fused-ring (bicyclic) bond motifs is 1. The molecular weight excluding hydrogens is 607 g/mol. The molecule has 2 aliphatic rings. The van der Waals surface area contributed by atoms with Gasteiger partial charge < -0.3 is 15.4 Å². The average molecular weight is 648 g/mol. The summed E-state index contributed by atoms with van der Waals surface area (Å²) in [4.78, 5) is 33.3. The zero-order valence-electron chi connectivity index (χ0n) is 25.4. The number of halogens is 3. The molecule has 3 aromatic rings. The maximum atomic E-state index is 15.7. The molecule has 4 heterocycles. The van der Waals surface area contributed by atoms with Crippen molar-refractivity contribution >= 4 is 33.0 Å². The van der Waals surface area contributed by atoms with Gasteiger partial charge in [-0.15, -0.1) is 0 Å². The zero-order chi connectivity index (χ0) is 32.2. The van der Waals surface area contributed by atoms with Crippen LogP contribution in [0.5, 0.6) is 0 Å². The van der Waals surface area contributed by atoms with E-state index in [1.807, 2.05) is 0 Å². The van der Waals surface area contributed by atoms with E-state index < -0.39 is 39.6 Å². The van der Waals surface area contributed by atoms with Crippen molar-refractivity contribution in [3.8, 4) is 0 Å². The maximum absolute atomic E-state index is 15.7. The highest BCUT2D eigenvalue weighted by molar-refractivity contribution is 7.91. The lowest BCUT2D eigenvalue weighted by molar-refractivity contribution is -0.107. The van der Waals surface area contributed by atoms with E-state index in [1.165, 1.54) is 18.5 Å². The summed E-state index contributed by atoms with van der Waals surface area (Å²) in [7, 11) is -3.16. The highest BCUT2D eigenvalue weighted by Crippen LogP contribution is 2.39. The molecule has 0 radical (unpaired) electrons. The first-order valence-electron chi connectivity index (χ1n) is 15.7. The second-order valence-corrected chi connectivity index (χ2v) is 14.6. The van der Waals surface area contributed by atoms with E-state index in [0.29, 0.717) is 67.7 Å². The summed E-state index contributed by atoms with van der Waals surface area (Å²) in [5, 5.41) is 6.65. The number of aromatic nitrogens is 3. The third-order valence-electron chi connectivity index (χ3n) is 9.01. The Kier molecular flexibility index (Phi) is 10.3. The summed E-state index contributed by atoms with van der Waals surface area (Å²) < 4.78 is 71.7. The molecule has 244 valence electrons. The first kappa shape index (κ1) is 33.1. The molecular formula is C32H40F3N5O4S. The molecule has 45 heavy (non-hydrogen) atoms. The Hall–Kier alpha value is -3.32. The molecule has 1 unspecified atom stereocenters. The van der Waals surface area contributed by atoms with Gasteiger partial charge in [-0.25, -0.2) is 31.6 Å². The van der Waals surface area contributed by atoms with Crippen LogP contribution < -0.4 is 16.2 Å². The first-order chi connectivity index (χ1) is 21.5. The Balaban J connectivity index is 1.47. The standard InChI is InChI=1S/C32H40F3N5O4S/c1-21(24-8-7-9-27(28(24)33)32(34,35)17-22-18-36-19-22)39-29-26-16-25(23-10-14-45(43,44)15-11-23)31(42)40(30(26)38-20-37-29)12-5-3-2-4-6-13-41/h7-9,13,16,20-23,36H,2-6,10-12,14-15,17-19H2,1H3,(H,37,38,39). The van der Waals surface area contributed by atoms with Gasteiger partial charge in [-0.2, -0.15) is 0 Å². The van der Waals surface area contributed by atoms with Crippen LogP contribution in [-0.2, 0) is 27.1 Å². The smallest absolute Gasteiger partial charge is 0.276 e. The fourth-order valence-corrected chi connectivity index (χ4v) is 7.78. The van der Waals surface area contributed by atoms with Gasteiger partial charge in [0.1, 0.15) is 39.7 Å². The first-order valence-corrected chi connectivity index (χ1v) is 17.5. The van der Waals surface area contributed by atoms with E-state index in [-0.39, 0.29) is 34.5 Å². The second-order valence-electron chi connectivity index (χ2n) is 12.3. The van der Waals surface area contributed by atoms with E-state index in [2.05, 4.69) is 20.6 Å². The molecule has 1 aromatic carbocycles. The number of sulfone groups is 1. The molecule has 0 spiro atoms. The van der Waals surface area contributed by atoms with Gasteiger partial charge in [0.05, 0.1) is 28.5 Å². The van der Waals surface area contributed by atoms with Crippen LogP contribution in [0.15, 0.2) is 35.4 Å². The molecule has 0 amide bonds. The average Bonchev–Trinajstić information content (AvgIpc) is 2.98. The Labute approximate surface area is 261 Å². The minimum absolute atomic E-state index is 0.00316. The van der Waals surface area contributed by atoms with Crippen LogP contribution >= 0.6 is 0 Å². The van der Waals surface area contributed by atoms with Gasteiger partial charge in [-0.3, -0.25) is 9.36 Å². The molecule has 13 heteroatoms. The largest absolute Gasteiger partial charge is 0.363 e. The number of rotatable bonds is 14. The van der Waals surface area contributed by atoms with Crippen LogP contribution in [0.4, 0.5) is 19.0 Å². The Bertz CT molecular complexity index is 1680. The lowest BCUT2D eigenvalue weighted by Crippen LogP contribution is -2.44. The van der Waals surface area contributed by atoms with Crippen molar-refractivity contribution in [2.24, 2.45) is 5.92 Å². The van der Waals surface area contributed by atoms with Crippen molar-refractivity contribution in [2.45, 2.75) is 82.7 Å². The summed E-state index contributed by atoms with van der Waals surface area (Å²) in [5.74, 6) is -4.46. The van der Waals surface area contributed by atoms with Gasteiger partial charge in [-0.05, 0) is 63.6 Å². The highest BCUT2D eigenvalue weighted by Gasteiger charge is 2.39. The van der Waals surface area contributed by atoms with Crippen LogP contribution in [0.25, 0.3) is 11.0 Å². The number of aldehydes is 1. The molecule has 2 aromatic heterocycles. The molecule has 0 saturated carbocycles. The predicted molar refractivity (Wildman–Crippen MR) is 167 cm³/mol. The quantitative estimate of drug-likeness (QED) is 0.180. The predicted octanol–water partition coefficient (Wildman–Crippen LogP) is 5.25. The number of hydrogen-bond acceptors (Lipinski definition) is 8. The highest BCUT2D eigenvalue weighted by atomic mass is 32.2. The molecule has 9 nitrogen and oxygen atoms in total. The maximum Gasteiger partial charge on any atom is 0.276 e. The van der Waals surface area contributed by atoms with Crippen molar-refractivity contribution in [3.63, 3.8) is 0 Å². The molecule has 2 fully saturated rings. The lowest BCUT2D eigenvalue weighted by atomic mass is 9.90. The minimum Gasteiger partial charge on any atom is -0.363 e. The third kappa shape index (κ3) is 7.57. The summed E-state index contributed by atoms with van der Waals surface area (Å²) in [6, 6.07) is 4.97. The Morgan fingerprint density at radius 1 is 1.13 bits per heavy atom. The van der Waals surface area contributed by atoms with Crippen LogP contribution in [0.2, 0.25) is 0 Å². The normalized spacial score (nSPS) is 18.0. The van der Waals surface area contributed by atoms with Crippen LogP contribution in [0, 0.1) is 11.7 Å². The number of alkyl halides is 2. The Morgan fingerprint density at radius 2 is 1.87 bits per heavy atom. The molecule has 2 N–H and O–H groups in total. The van der Waals surface area contributed by atoms with E-state index in [1.54, 1.807) is 17.6 Å². The van der Waals surface area contributed by atoms with Crippen molar-refractivity contribution in [1.29, 1.82) is 0 Å². The van der Waals surface area contributed by atoms with Gasteiger partial charge in [0.2, 0.25) is 0 Å². The second kappa shape index (κ2) is 14.0. The molecule has 0 aliphatic carbocycles. The number of carbonyl (C=O) groups is 1. The van der Waals surface area contributed by atoms with Crippen molar-refractivity contribution in [1.82, 2.24) is 19.9 Å². The molecule has 1 atom stereocenters. The molecule has 2 saturated heterocycles. The summed E-state index contributed by atoms with van der Waals surface area (Å²) in [6.07, 6.45) is 5.98. The van der Waals surface area contributed by atoms with E-state index in [9.17, 15) is 18.0 Å². The van der Waals surface area contributed by atoms with Crippen LogP contribution in [0.1, 0.15) is 86.9 Å². The van der Waals surface area contributed by atoms with Gasteiger partial charge in [0.25, 0.3) is 11.5 Å². The number of carbonyl (C=O) groups excluding carboxylic acids is 1. The molecule has 5 rings (SSSR count). The van der Waals surface area contributed by atoms with E-state index in [4.69, 9.17) is 0 Å². The van der Waals surface area contributed by atoms with Crippen LogP contribution in [0.3, 0.4) is 0 Å². The number of nitrogens with zero attached hydrogens (tertiary/aromatic N) is 3. The minimum atomic E-state index is -3.32. The number of pyridine rings is 1. The third-order valence-corrected chi connectivity index (χ3v) is 10.7. The zero-order valence-corrected chi connectivity index (χ0v) is 26.2. The monoisotopic (exact) mass is 647 g/mol. The summed E-state index contributed by atoms with van der Waals surface area (Å²) in [5.41, 5.74) is 0.0402. The topological polar surface area (TPSA) is 123 Å². The fourth-order valence-electron chi connectivity index (χ4n) is 6.29. The number of benzene rings is 1. The number of unbranched alkanes of at least 4 members (excludes halogenated alkanes) is 4. The number of anilines is 1. The van der Waals surface area contributed by atoms with Crippen molar-refractivity contribution in [2.75, 3.05) is 29.9 Å². The van der Waals surface area contributed by atoms with Gasteiger partial charge in [-0.1, -0.05) is 31.0 Å². The van der Waals surface area contributed by atoms with E-state index >= 15 is 13.2 Å². The summed E-state index contributed by atoms with van der Waals surface area (Å²) >= 11 is 0. The van der Waals surface area contributed by atoms with E-state index in [0.717, 1.165) is 31.6 Å². The number of hydrogen-bond donors (Lipinski definition) is 2. The lowest BCUT2D eigenvalue weighted by Gasteiger charge is -2.31. The number of nitrogens with one attached hydrogen (secondary N) is 2. The van der Waals surface area contributed by atoms with Gasteiger partial charge in [0, 0.05) is 30.5 Å². The fraction of sp³-hybridized carbons (Fsp3) is 0.562. The molecule has 2 aliphatic heterocycles. The van der Waals surface area contributed by atoms with Gasteiger partial charge >= 0.3 is 0 Å². The summed E-state index contributed by atoms with van der Waals surface area (Å²) in [6.45, 7) is 3.00. The van der Waals surface area contributed by atoms with Crippen molar-refractivity contribution in [3.05, 3.63) is 63.5 Å². The SMILES string of the molecule is CC(Nc1ncnc2c1cc(C1CCS(=O)(=O)CC1)c(=O)n2CCCCCCC=O)c1cccc(C(F)(F)CC2CNC2)c1F. The number of aryl methyl sites for hydroxylation is 1. The van der Waals surface area contributed by atoms with Crippen molar-refractivity contribution < 1.29 is 26.4 Å². The van der Waals surface area contributed by atoms with Crippen LogP contribution in [-0.4, -0.2) is 53.8 Å². The molecule has 0 bridgehead atoms.